The number of rotatable bonds is 5. The van der Waals surface area contributed by atoms with Gasteiger partial charge in [0.1, 0.15) is 22.7 Å². The minimum atomic E-state index is 0.841. The van der Waals surface area contributed by atoms with Crippen LogP contribution < -0.4 is 10.1 Å². The largest absolute Gasteiger partial charge is 0.497 e. The molecule has 0 bridgehead atoms. The number of fused-ring (bicyclic) bond motifs is 1. The molecule has 0 radical (unpaired) electrons. The number of benzene rings is 1. The molecule has 0 aliphatic carbocycles. The Morgan fingerprint density at radius 2 is 2.00 bits per heavy atom. The first kappa shape index (κ1) is 13.8. The van der Waals surface area contributed by atoms with Crippen molar-refractivity contribution in [3.8, 4) is 5.75 Å². The minimum Gasteiger partial charge on any atom is -0.497 e. The average Bonchev–Trinajstić information content (AvgIpc) is 2.89. The number of thiophene rings is 1. The minimum absolute atomic E-state index is 0.841. The Bertz CT molecular complexity index is 737. The first-order valence-corrected chi connectivity index (χ1v) is 7.66. The van der Waals surface area contributed by atoms with E-state index in [1.54, 1.807) is 24.8 Å². The molecule has 1 N–H and O–H groups in total. The molecule has 21 heavy (non-hydrogen) atoms. The van der Waals surface area contributed by atoms with Crippen molar-refractivity contribution >= 4 is 27.4 Å². The summed E-state index contributed by atoms with van der Waals surface area (Å²) in [5.41, 5.74) is 1.27. The molecule has 0 unspecified atom stereocenters. The molecule has 0 aliphatic rings. The van der Waals surface area contributed by atoms with Crippen molar-refractivity contribution in [2.24, 2.45) is 0 Å². The summed E-state index contributed by atoms with van der Waals surface area (Å²) in [4.78, 5) is 10.9. The molecule has 2 heterocycles. The Kier molecular flexibility index (Phi) is 4.01. The van der Waals surface area contributed by atoms with Crippen LogP contribution in [0.15, 0.2) is 36.7 Å². The van der Waals surface area contributed by atoms with Gasteiger partial charge in [-0.1, -0.05) is 12.1 Å². The van der Waals surface area contributed by atoms with Gasteiger partial charge in [0.2, 0.25) is 0 Å². The Morgan fingerprint density at radius 3 is 2.76 bits per heavy atom. The Labute approximate surface area is 127 Å². The maximum absolute atomic E-state index is 5.16. The van der Waals surface area contributed by atoms with Gasteiger partial charge in [-0.25, -0.2) is 9.97 Å². The van der Waals surface area contributed by atoms with Crippen molar-refractivity contribution in [2.75, 3.05) is 19.0 Å². The zero-order chi connectivity index (χ0) is 14.7. The van der Waals surface area contributed by atoms with E-state index in [0.717, 1.165) is 34.7 Å². The zero-order valence-electron chi connectivity index (χ0n) is 12.1. The van der Waals surface area contributed by atoms with Crippen molar-refractivity contribution in [3.63, 3.8) is 0 Å². The van der Waals surface area contributed by atoms with Crippen molar-refractivity contribution in [3.05, 3.63) is 47.1 Å². The van der Waals surface area contributed by atoms with Crippen LogP contribution in [0.1, 0.15) is 10.4 Å². The number of aromatic nitrogens is 2. The molecule has 2 aromatic heterocycles. The molecule has 5 heteroatoms. The van der Waals surface area contributed by atoms with E-state index in [0.29, 0.717) is 0 Å². The topological polar surface area (TPSA) is 47.0 Å². The number of anilines is 1. The summed E-state index contributed by atoms with van der Waals surface area (Å²) in [5.74, 6) is 1.80. The summed E-state index contributed by atoms with van der Waals surface area (Å²) in [6.07, 6.45) is 2.56. The Morgan fingerprint density at radius 1 is 1.19 bits per heavy atom. The van der Waals surface area contributed by atoms with E-state index in [1.807, 2.05) is 12.1 Å². The summed E-state index contributed by atoms with van der Waals surface area (Å²) in [7, 11) is 1.68. The molecule has 0 saturated heterocycles. The Balaban J connectivity index is 1.66. The normalized spacial score (nSPS) is 10.8. The molecule has 0 amide bonds. The summed E-state index contributed by atoms with van der Waals surface area (Å²) >= 11 is 1.70. The van der Waals surface area contributed by atoms with Gasteiger partial charge in [-0.2, -0.15) is 0 Å². The molecule has 3 rings (SSSR count). The van der Waals surface area contributed by atoms with Crippen LogP contribution in [0.4, 0.5) is 5.82 Å². The van der Waals surface area contributed by atoms with Gasteiger partial charge in [-0.05, 0) is 37.1 Å². The van der Waals surface area contributed by atoms with Crippen LogP contribution in [-0.2, 0) is 6.42 Å². The summed E-state index contributed by atoms with van der Waals surface area (Å²) in [6, 6.07) is 10.3. The average molecular weight is 299 g/mol. The SMILES string of the molecule is COc1ccc(CCNc2ncnc3sc(C)cc23)cc1. The van der Waals surface area contributed by atoms with Crippen molar-refractivity contribution in [2.45, 2.75) is 13.3 Å². The van der Waals surface area contributed by atoms with E-state index in [-0.39, 0.29) is 0 Å². The van der Waals surface area contributed by atoms with Gasteiger partial charge in [0.25, 0.3) is 0 Å². The first-order valence-electron chi connectivity index (χ1n) is 6.84. The quantitative estimate of drug-likeness (QED) is 0.781. The number of hydrogen-bond acceptors (Lipinski definition) is 5. The molecule has 0 saturated carbocycles. The van der Waals surface area contributed by atoms with E-state index < -0.39 is 0 Å². The maximum atomic E-state index is 5.16. The number of nitrogens with zero attached hydrogens (tertiary/aromatic N) is 2. The van der Waals surface area contributed by atoms with Crippen LogP contribution in [-0.4, -0.2) is 23.6 Å². The predicted molar refractivity (Wildman–Crippen MR) is 87.3 cm³/mol. The van der Waals surface area contributed by atoms with E-state index in [9.17, 15) is 0 Å². The van der Waals surface area contributed by atoms with Crippen LogP contribution in [0, 0.1) is 6.92 Å². The van der Waals surface area contributed by atoms with E-state index in [4.69, 9.17) is 4.74 Å². The molecule has 108 valence electrons. The lowest BCUT2D eigenvalue weighted by molar-refractivity contribution is 0.414. The number of ether oxygens (including phenoxy) is 1. The molecule has 3 aromatic rings. The molecule has 0 atom stereocenters. The third kappa shape index (κ3) is 3.13. The number of methoxy groups -OCH3 is 1. The highest BCUT2D eigenvalue weighted by molar-refractivity contribution is 7.18. The number of nitrogens with one attached hydrogen (secondary N) is 1. The maximum Gasteiger partial charge on any atom is 0.138 e. The number of aryl methyl sites for hydroxylation is 1. The standard InChI is InChI=1S/C16H17N3OS/c1-11-9-14-15(18-10-19-16(14)21-11)17-8-7-12-3-5-13(20-2)6-4-12/h3-6,9-10H,7-8H2,1-2H3,(H,17,18,19). The van der Waals surface area contributed by atoms with Gasteiger partial charge in [0.15, 0.2) is 0 Å². The first-order chi connectivity index (χ1) is 10.3. The second-order valence-corrected chi connectivity index (χ2v) is 6.06. The highest BCUT2D eigenvalue weighted by atomic mass is 32.1. The van der Waals surface area contributed by atoms with Crippen LogP contribution in [0.5, 0.6) is 5.75 Å². The third-order valence-electron chi connectivity index (χ3n) is 3.32. The summed E-state index contributed by atoms with van der Waals surface area (Å²) < 4.78 is 5.16. The van der Waals surface area contributed by atoms with Gasteiger partial charge in [-0.15, -0.1) is 11.3 Å². The van der Waals surface area contributed by atoms with Crippen molar-refractivity contribution in [1.29, 1.82) is 0 Å². The highest BCUT2D eigenvalue weighted by Crippen LogP contribution is 2.27. The second kappa shape index (κ2) is 6.10. The fourth-order valence-electron chi connectivity index (χ4n) is 2.23. The summed E-state index contributed by atoms with van der Waals surface area (Å²) in [6.45, 7) is 2.93. The van der Waals surface area contributed by atoms with Gasteiger partial charge < -0.3 is 10.1 Å². The van der Waals surface area contributed by atoms with Crippen LogP contribution >= 0.6 is 11.3 Å². The fourth-order valence-corrected chi connectivity index (χ4v) is 3.08. The lowest BCUT2D eigenvalue weighted by atomic mass is 10.1. The van der Waals surface area contributed by atoms with Gasteiger partial charge in [-0.3, -0.25) is 0 Å². The summed E-state index contributed by atoms with van der Waals surface area (Å²) in [5, 5.41) is 4.51. The monoisotopic (exact) mass is 299 g/mol. The second-order valence-electron chi connectivity index (χ2n) is 4.82. The van der Waals surface area contributed by atoms with E-state index in [2.05, 4.69) is 40.4 Å². The smallest absolute Gasteiger partial charge is 0.138 e. The fraction of sp³-hybridized carbons (Fsp3) is 0.250. The molecule has 0 aliphatic heterocycles. The lowest BCUT2D eigenvalue weighted by Crippen LogP contribution is -2.06. The third-order valence-corrected chi connectivity index (χ3v) is 4.28. The zero-order valence-corrected chi connectivity index (χ0v) is 12.9. The number of hydrogen-bond donors (Lipinski definition) is 1. The van der Waals surface area contributed by atoms with E-state index >= 15 is 0 Å². The van der Waals surface area contributed by atoms with Gasteiger partial charge in [0.05, 0.1) is 12.5 Å². The molecule has 4 nitrogen and oxygen atoms in total. The molecule has 0 fully saturated rings. The molecular weight excluding hydrogens is 282 g/mol. The highest BCUT2D eigenvalue weighted by Gasteiger charge is 2.06. The van der Waals surface area contributed by atoms with E-state index in [1.165, 1.54) is 10.4 Å². The molecule has 0 spiro atoms. The van der Waals surface area contributed by atoms with Crippen molar-refractivity contribution < 1.29 is 4.74 Å². The Hall–Kier alpha value is -2.14. The molecular formula is C16H17N3OS. The van der Waals surface area contributed by atoms with Crippen LogP contribution in [0.2, 0.25) is 0 Å². The molecule has 1 aromatic carbocycles. The van der Waals surface area contributed by atoms with Crippen LogP contribution in [0.3, 0.4) is 0 Å². The van der Waals surface area contributed by atoms with Gasteiger partial charge >= 0.3 is 0 Å². The lowest BCUT2D eigenvalue weighted by Gasteiger charge is -2.07. The van der Waals surface area contributed by atoms with Crippen molar-refractivity contribution in [1.82, 2.24) is 9.97 Å². The predicted octanol–water partition coefficient (Wildman–Crippen LogP) is 3.66. The van der Waals surface area contributed by atoms with Crippen LogP contribution in [0.25, 0.3) is 10.2 Å². The van der Waals surface area contributed by atoms with Gasteiger partial charge in [0, 0.05) is 11.4 Å².